The summed E-state index contributed by atoms with van der Waals surface area (Å²) in [5, 5.41) is 9.39. The predicted molar refractivity (Wildman–Crippen MR) is 417 cm³/mol. The number of rotatable bonds is 11. The first-order valence-corrected chi connectivity index (χ1v) is 34.2. The van der Waals surface area contributed by atoms with E-state index >= 15 is 0 Å². The second kappa shape index (κ2) is 23.2. The number of benzene rings is 14. The van der Waals surface area contributed by atoms with Gasteiger partial charge in [-0.15, -0.1) is 0 Å². The maximum absolute atomic E-state index is 5.57. The largest absolute Gasteiger partial charge is 0.307 e. The smallest absolute Gasteiger partial charge is 0.0782 e. The third-order valence-corrected chi connectivity index (χ3v) is 20.3. The number of nitrogens with zero attached hydrogens (tertiary/aromatic N) is 6. The number of hydrogen-bond donors (Lipinski definition) is 0. The maximum Gasteiger partial charge on any atom is 0.0782 e. The molecule has 0 unspecified atom stereocenters. The molecule has 20 aromatic rings. The first-order chi connectivity index (χ1) is 49.6. The summed E-state index contributed by atoms with van der Waals surface area (Å²) in [6.07, 6.45) is 0. The molecule has 0 aliphatic rings. The van der Waals surface area contributed by atoms with Crippen LogP contribution in [0.5, 0.6) is 0 Å². The van der Waals surface area contributed by atoms with Crippen LogP contribution >= 0.6 is 0 Å². The highest BCUT2D eigenvalue weighted by Gasteiger charge is 2.29. The lowest BCUT2D eigenvalue weighted by molar-refractivity contribution is 1.09. The molecule has 0 bridgehead atoms. The van der Waals surface area contributed by atoms with Crippen molar-refractivity contribution < 1.29 is 0 Å². The Balaban J connectivity index is 1.01. The second-order valence-corrected chi connectivity index (χ2v) is 26.0. The van der Waals surface area contributed by atoms with E-state index in [1.165, 1.54) is 43.1 Å². The summed E-state index contributed by atoms with van der Waals surface area (Å²) in [7, 11) is 0. The zero-order chi connectivity index (χ0) is 65.8. The number of hydrogen-bond acceptors (Lipinski definition) is 2. The van der Waals surface area contributed by atoms with Crippen LogP contribution in [0.15, 0.2) is 364 Å². The van der Waals surface area contributed by atoms with E-state index in [0.29, 0.717) is 0 Å². The van der Waals surface area contributed by atoms with Gasteiger partial charge in [0, 0.05) is 76.5 Å². The molecule has 6 heterocycles. The van der Waals surface area contributed by atoms with Crippen LogP contribution in [-0.4, -0.2) is 28.2 Å². The predicted octanol–water partition coefficient (Wildman–Crippen LogP) is 24.5. The number of fused-ring (bicyclic) bond motifs is 12. The molecule has 0 saturated carbocycles. The summed E-state index contributed by atoms with van der Waals surface area (Å²) in [4.78, 5) is 11.1. The molecule has 466 valence electrons. The molecule has 0 saturated heterocycles. The van der Waals surface area contributed by atoms with Crippen LogP contribution in [0.1, 0.15) is 0 Å². The van der Waals surface area contributed by atoms with Crippen LogP contribution in [0.3, 0.4) is 0 Å². The van der Waals surface area contributed by atoms with Crippen molar-refractivity contribution >= 4 is 87.2 Å². The Hall–Kier alpha value is -13.4. The van der Waals surface area contributed by atoms with Gasteiger partial charge in [0.25, 0.3) is 0 Å². The van der Waals surface area contributed by atoms with Gasteiger partial charge in [0.05, 0.1) is 89.7 Å². The average Bonchev–Trinajstić information content (AvgIpc) is 1.40. The van der Waals surface area contributed by atoms with Crippen molar-refractivity contribution in [1.29, 1.82) is 0 Å². The lowest BCUT2D eigenvalue weighted by atomic mass is 9.90. The Kier molecular flexibility index (Phi) is 13.2. The van der Waals surface area contributed by atoms with E-state index in [1.54, 1.807) is 0 Å². The van der Waals surface area contributed by atoms with Gasteiger partial charge in [0.1, 0.15) is 0 Å². The van der Waals surface area contributed by atoms with Crippen molar-refractivity contribution in [3.63, 3.8) is 0 Å². The molecule has 0 atom stereocenters. The standard InChI is InChI=1S/C94H60N6/c1-5-29-61(30-6-1)79-55-67(56-80(95-79)62-31-7-2-8-32-62)77-53-65(59-91(97-83-45-21-13-37-69(83)70-38-14-22-46-84(70)97)93(77)99-87-49-25-17-41-73(87)74-42-18-26-50-88(74)99)66-54-78(68-57-81(63-33-9-3-10-34-63)96-82(58-68)64-35-11-4-12-36-64)94(100-89-51-27-19-43-75(89)76-44-20-28-52-90(76)100)92(60-66)98-85-47-23-15-39-71(85)72-40-16-24-48-86(72)98/h1-60H. The van der Waals surface area contributed by atoms with Gasteiger partial charge in [-0.25, -0.2) is 9.97 Å². The Morgan fingerprint density at radius 3 is 0.590 bits per heavy atom. The molecule has 14 aromatic carbocycles. The Bertz CT molecular complexity index is 5900. The molecule has 6 aromatic heterocycles. The molecule has 0 radical (unpaired) electrons. The number of para-hydroxylation sites is 8. The van der Waals surface area contributed by atoms with Gasteiger partial charge in [-0.1, -0.05) is 267 Å². The topological polar surface area (TPSA) is 45.5 Å². The first kappa shape index (κ1) is 56.9. The normalized spacial score (nSPS) is 11.8. The third kappa shape index (κ3) is 9.12. The van der Waals surface area contributed by atoms with Crippen molar-refractivity contribution in [2.45, 2.75) is 0 Å². The summed E-state index contributed by atoms with van der Waals surface area (Å²) < 4.78 is 10.2. The van der Waals surface area contributed by atoms with Crippen LogP contribution in [-0.2, 0) is 0 Å². The second-order valence-electron chi connectivity index (χ2n) is 26.0. The minimum Gasteiger partial charge on any atom is -0.307 e. The Morgan fingerprint density at radius 2 is 0.360 bits per heavy atom. The first-order valence-electron chi connectivity index (χ1n) is 34.2. The maximum atomic E-state index is 5.57. The molecular weight excluding hydrogens is 1210 g/mol. The molecule has 6 nitrogen and oxygen atoms in total. The molecule has 0 N–H and O–H groups in total. The fraction of sp³-hybridized carbons (Fsp3) is 0. The summed E-state index contributed by atoms with van der Waals surface area (Å²) in [5.41, 5.74) is 26.7. The minimum atomic E-state index is 0.876. The van der Waals surface area contributed by atoms with Crippen molar-refractivity contribution in [3.8, 4) is 101 Å². The van der Waals surface area contributed by atoms with Gasteiger partial charge in [0.15, 0.2) is 0 Å². The highest BCUT2D eigenvalue weighted by atomic mass is 15.1. The van der Waals surface area contributed by atoms with Gasteiger partial charge in [-0.3, -0.25) is 0 Å². The van der Waals surface area contributed by atoms with Crippen LogP contribution in [0.25, 0.3) is 188 Å². The van der Waals surface area contributed by atoms with Gasteiger partial charge in [0.2, 0.25) is 0 Å². The van der Waals surface area contributed by atoms with E-state index in [9.17, 15) is 0 Å². The summed E-state index contributed by atoms with van der Waals surface area (Å²) in [6.45, 7) is 0. The van der Waals surface area contributed by atoms with Gasteiger partial charge in [-0.2, -0.15) is 0 Å². The van der Waals surface area contributed by atoms with E-state index in [2.05, 4.69) is 382 Å². The highest BCUT2D eigenvalue weighted by Crippen LogP contribution is 2.50. The quantitative estimate of drug-likeness (QED) is 0.130. The monoisotopic (exact) mass is 1270 g/mol. The molecule has 0 aliphatic carbocycles. The summed E-state index contributed by atoms with van der Waals surface area (Å²) in [6, 6.07) is 133. The van der Waals surface area contributed by atoms with Gasteiger partial charge in [-0.05, 0) is 119 Å². The van der Waals surface area contributed by atoms with E-state index in [1.807, 2.05) is 0 Å². The molecule has 100 heavy (non-hydrogen) atoms. The lowest BCUT2D eigenvalue weighted by Gasteiger charge is -2.25. The fourth-order valence-electron chi connectivity index (χ4n) is 15.9. The van der Waals surface area contributed by atoms with E-state index in [0.717, 1.165) is 145 Å². The van der Waals surface area contributed by atoms with E-state index < -0.39 is 0 Å². The average molecular weight is 1270 g/mol. The molecule has 0 amide bonds. The van der Waals surface area contributed by atoms with Crippen molar-refractivity contribution in [3.05, 3.63) is 364 Å². The van der Waals surface area contributed by atoms with E-state index in [4.69, 9.17) is 9.97 Å². The highest BCUT2D eigenvalue weighted by molar-refractivity contribution is 6.15. The van der Waals surface area contributed by atoms with Crippen LogP contribution in [0.2, 0.25) is 0 Å². The molecule has 20 rings (SSSR count). The van der Waals surface area contributed by atoms with Crippen LogP contribution < -0.4 is 0 Å². The van der Waals surface area contributed by atoms with Crippen molar-refractivity contribution in [2.24, 2.45) is 0 Å². The molecular formula is C94H60N6. The van der Waals surface area contributed by atoms with Gasteiger partial charge < -0.3 is 18.3 Å². The minimum absolute atomic E-state index is 0.876. The van der Waals surface area contributed by atoms with Crippen molar-refractivity contribution in [1.82, 2.24) is 28.2 Å². The Labute approximate surface area is 577 Å². The number of pyridine rings is 2. The molecule has 0 spiro atoms. The number of aromatic nitrogens is 6. The van der Waals surface area contributed by atoms with E-state index in [-0.39, 0.29) is 0 Å². The summed E-state index contributed by atoms with van der Waals surface area (Å²) in [5.74, 6) is 0. The van der Waals surface area contributed by atoms with Gasteiger partial charge >= 0.3 is 0 Å². The zero-order valence-electron chi connectivity index (χ0n) is 54.3. The van der Waals surface area contributed by atoms with Crippen LogP contribution in [0.4, 0.5) is 0 Å². The summed E-state index contributed by atoms with van der Waals surface area (Å²) >= 11 is 0. The zero-order valence-corrected chi connectivity index (χ0v) is 54.3. The lowest BCUT2D eigenvalue weighted by Crippen LogP contribution is -2.08. The fourth-order valence-corrected chi connectivity index (χ4v) is 15.9. The SMILES string of the molecule is c1ccc(-c2cc(-c3cc(-c4cc(-c5cc(-c6ccccc6)nc(-c6ccccc6)c5)c(-n5c6ccccc6c6ccccc65)c(-n5c6ccccc6c6ccccc65)c4)cc(-n4c5ccccc5c5ccccc54)c3-n3c4ccccc4c4ccccc43)cc(-c3ccccc3)n2)cc1. The molecule has 0 fully saturated rings. The molecule has 0 aliphatic heterocycles. The van der Waals surface area contributed by atoms with Crippen LogP contribution in [0, 0.1) is 0 Å². The van der Waals surface area contributed by atoms with Crippen molar-refractivity contribution in [2.75, 3.05) is 0 Å². The Morgan fingerprint density at radius 1 is 0.160 bits per heavy atom. The molecule has 6 heteroatoms. The third-order valence-electron chi connectivity index (χ3n) is 20.3.